The van der Waals surface area contributed by atoms with Gasteiger partial charge in [-0.2, -0.15) is 17.5 Å². The molecule has 3 rings (SSSR count). The molecule has 0 saturated carbocycles. The standard InChI is InChI=1S/C20H21F3N4O3S2/c1-3-6-15-13-26(32(29,30)17-8-5-4-7-16(17)31)9-10-27(15)18-24-11-14(12-25-18)19(2,28)20(21,22)23/h4-5,8,11-12,15,28H,7,9-10,13H2,1-2H3/t15-,19-/m0/s1. The van der Waals surface area contributed by atoms with Gasteiger partial charge in [-0.3, -0.25) is 0 Å². The number of aromatic nitrogens is 2. The van der Waals surface area contributed by atoms with Crippen LogP contribution < -0.4 is 4.90 Å². The van der Waals surface area contributed by atoms with Gasteiger partial charge in [0.1, 0.15) is 6.04 Å². The van der Waals surface area contributed by atoms with Crippen LogP contribution in [0, 0.1) is 11.8 Å². The number of nitrogens with zero attached hydrogens (tertiary/aromatic N) is 4. The van der Waals surface area contributed by atoms with Gasteiger partial charge in [-0.05, 0) is 19.9 Å². The number of halogens is 3. The largest absolute Gasteiger partial charge is 0.421 e. The van der Waals surface area contributed by atoms with Crippen LogP contribution in [0.25, 0.3) is 0 Å². The summed E-state index contributed by atoms with van der Waals surface area (Å²) in [5.41, 5.74) is -3.60. The quantitative estimate of drug-likeness (QED) is 0.516. The molecule has 12 heteroatoms. The number of hydrogen-bond acceptors (Lipinski definition) is 7. The number of piperazine rings is 1. The summed E-state index contributed by atoms with van der Waals surface area (Å²) in [6.07, 6.45) is 2.20. The van der Waals surface area contributed by atoms with E-state index in [0.717, 1.165) is 12.4 Å². The van der Waals surface area contributed by atoms with Gasteiger partial charge in [-0.1, -0.05) is 30.3 Å². The van der Waals surface area contributed by atoms with Gasteiger partial charge in [0.25, 0.3) is 0 Å². The van der Waals surface area contributed by atoms with Crippen molar-refractivity contribution in [2.45, 2.75) is 38.1 Å². The van der Waals surface area contributed by atoms with E-state index in [1.165, 1.54) is 10.4 Å². The van der Waals surface area contributed by atoms with Gasteiger partial charge in [-0.15, -0.1) is 5.92 Å². The monoisotopic (exact) mass is 486 g/mol. The lowest BCUT2D eigenvalue weighted by molar-refractivity contribution is -0.259. The molecule has 0 unspecified atom stereocenters. The predicted octanol–water partition coefficient (Wildman–Crippen LogP) is 2.30. The van der Waals surface area contributed by atoms with E-state index in [1.807, 2.05) is 0 Å². The average Bonchev–Trinajstić information content (AvgIpc) is 2.73. The third kappa shape index (κ3) is 4.56. The molecule has 32 heavy (non-hydrogen) atoms. The van der Waals surface area contributed by atoms with Crippen molar-refractivity contribution in [3.63, 3.8) is 0 Å². The minimum absolute atomic E-state index is 0.0121. The summed E-state index contributed by atoms with van der Waals surface area (Å²) in [7, 11) is -3.82. The lowest BCUT2D eigenvalue weighted by Gasteiger charge is -2.39. The van der Waals surface area contributed by atoms with Crippen LogP contribution in [0.15, 0.2) is 35.5 Å². The van der Waals surface area contributed by atoms with Gasteiger partial charge in [0.05, 0.1) is 4.91 Å². The zero-order chi connectivity index (χ0) is 23.7. The van der Waals surface area contributed by atoms with E-state index in [2.05, 4.69) is 21.8 Å². The Morgan fingerprint density at radius 1 is 1.25 bits per heavy atom. The summed E-state index contributed by atoms with van der Waals surface area (Å²) < 4.78 is 66.7. The van der Waals surface area contributed by atoms with Crippen molar-refractivity contribution < 1.29 is 26.7 Å². The molecular formula is C20H21F3N4O3S2. The fraction of sp³-hybridized carbons (Fsp3) is 0.450. The minimum atomic E-state index is -4.89. The Bertz CT molecular complexity index is 1120. The van der Waals surface area contributed by atoms with Gasteiger partial charge >= 0.3 is 6.18 Å². The molecule has 2 heterocycles. The first-order chi connectivity index (χ1) is 14.9. The molecule has 1 N–H and O–H groups in total. The van der Waals surface area contributed by atoms with Gasteiger partial charge in [0, 0.05) is 48.9 Å². The maximum atomic E-state index is 13.1. The third-order valence-electron chi connectivity index (χ3n) is 5.24. The highest BCUT2D eigenvalue weighted by Crippen LogP contribution is 2.38. The predicted molar refractivity (Wildman–Crippen MR) is 117 cm³/mol. The Balaban J connectivity index is 1.85. The Morgan fingerprint density at radius 3 is 2.47 bits per heavy atom. The summed E-state index contributed by atoms with van der Waals surface area (Å²) in [6.45, 7) is 2.50. The summed E-state index contributed by atoms with van der Waals surface area (Å²) in [6, 6.07) is -0.620. The van der Waals surface area contributed by atoms with E-state index in [-0.39, 0.29) is 30.5 Å². The number of anilines is 1. The summed E-state index contributed by atoms with van der Waals surface area (Å²) in [5, 5.41) is 9.79. The van der Waals surface area contributed by atoms with E-state index in [9.17, 15) is 26.7 Å². The molecule has 1 aliphatic carbocycles. The molecule has 1 aromatic heterocycles. The van der Waals surface area contributed by atoms with Crippen molar-refractivity contribution in [3.8, 4) is 11.8 Å². The molecule has 1 saturated heterocycles. The number of alkyl halides is 3. The van der Waals surface area contributed by atoms with E-state index in [1.54, 1.807) is 24.0 Å². The van der Waals surface area contributed by atoms with Crippen LogP contribution in [-0.2, 0) is 15.6 Å². The second-order valence-electron chi connectivity index (χ2n) is 7.39. The van der Waals surface area contributed by atoms with Crippen molar-refractivity contribution in [2.75, 3.05) is 24.5 Å². The van der Waals surface area contributed by atoms with E-state index in [0.29, 0.717) is 18.2 Å². The van der Waals surface area contributed by atoms with Crippen molar-refractivity contribution in [2.24, 2.45) is 0 Å². The smallest absolute Gasteiger partial charge is 0.376 e. The second kappa shape index (κ2) is 8.90. The lowest BCUT2D eigenvalue weighted by atomic mass is 9.99. The lowest BCUT2D eigenvalue weighted by Crippen LogP contribution is -2.55. The second-order valence-corrected chi connectivity index (χ2v) is 9.79. The minimum Gasteiger partial charge on any atom is -0.376 e. The highest BCUT2D eigenvalue weighted by molar-refractivity contribution is 7.96. The van der Waals surface area contributed by atoms with Gasteiger partial charge in [0.15, 0.2) is 5.60 Å². The van der Waals surface area contributed by atoms with Crippen molar-refractivity contribution >= 4 is 33.1 Å². The maximum absolute atomic E-state index is 13.1. The van der Waals surface area contributed by atoms with Crippen LogP contribution >= 0.6 is 12.2 Å². The molecule has 0 spiro atoms. The first kappa shape index (κ1) is 24.3. The van der Waals surface area contributed by atoms with Crippen molar-refractivity contribution in [1.82, 2.24) is 14.3 Å². The number of thiocarbonyl (C=S) groups is 1. The third-order valence-corrected chi connectivity index (χ3v) is 7.71. The molecule has 1 aromatic rings. The molecule has 2 atom stereocenters. The fourth-order valence-corrected chi connectivity index (χ4v) is 5.32. The summed E-state index contributed by atoms with van der Waals surface area (Å²) in [4.78, 5) is 10.0. The first-order valence-corrected chi connectivity index (χ1v) is 11.4. The number of rotatable bonds is 4. The van der Waals surface area contributed by atoms with Crippen molar-refractivity contribution in [1.29, 1.82) is 0 Å². The molecule has 1 aliphatic heterocycles. The van der Waals surface area contributed by atoms with E-state index >= 15 is 0 Å². The highest BCUT2D eigenvalue weighted by Gasteiger charge is 2.51. The average molecular weight is 487 g/mol. The number of sulfonamides is 1. The summed E-state index contributed by atoms with van der Waals surface area (Å²) in [5.74, 6) is 5.75. The molecule has 7 nitrogen and oxygen atoms in total. The Morgan fingerprint density at radius 2 is 1.91 bits per heavy atom. The maximum Gasteiger partial charge on any atom is 0.421 e. The highest BCUT2D eigenvalue weighted by atomic mass is 32.2. The zero-order valence-corrected chi connectivity index (χ0v) is 18.9. The van der Waals surface area contributed by atoms with Crippen LogP contribution in [0.3, 0.4) is 0 Å². The van der Waals surface area contributed by atoms with Crippen LogP contribution in [0.1, 0.15) is 25.8 Å². The van der Waals surface area contributed by atoms with Crippen LogP contribution in [0.2, 0.25) is 0 Å². The molecule has 0 amide bonds. The van der Waals surface area contributed by atoms with Crippen LogP contribution in [0.5, 0.6) is 0 Å². The normalized spacial score (nSPS) is 22.1. The van der Waals surface area contributed by atoms with Gasteiger partial charge in [0.2, 0.25) is 16.0 Å². The molecule has 172 valence electrons. The molecule has 0 aromatic carbocycles. The number of allylic oxidation sites excluding steroid dienone is 4. The fourth-order valence-electron chi connectivity index (χ4n) is 3.28. The topological polar surface area (TPSA) is 86.6 Å². The summed E-state index contributed by atoms with van der Waals surface area (Å²) >= 11 is 5.21. The van der Waals surface area contributed by atoms with Crippen LogP contribution in [-0.4, -0.2) is 64.5 Å². The zero-order valence-electron chi connectivity index (χ0n) is 17.3. The first-order valence-electron chi connectivity index (χ1n) is 9.60. The van der Waals surface area contributed by atoms with Gasteiger partial charge in [-0.25, -0.2) is 18.4 Å². The SMILES string of the molecule is CC#C[C@H]1CN(S(=O)(=O)C2=CC=CCC2=S)CCN1c1ncc([C@](C)(O)C(F)(F)F)cn1. The Kier molecular flexibility index (Phi) is 6.76. The molecule has 2 aliphatic rings. The van der Waals surface area contributed by atoms with E-state index in [4.69, 9.17) is 12.2 Å². The molecule has 0 radical (unpaired) electrons. The number of hydrogen-bond donors (Lipinski definition) is 1. The Hall–Kier alpha value is -2.33. The molecule has 0 bridgehead atoms. The van der Waals surface area contributed by atoms with Crippen LogP contribution in [0.4, 0.5) is 19.1 Å². The van der Waals surface area contributed by atoms with E-state index < -0.39 is 33.4 Å². The molecule has 1 fully saturated rings. The Labute approximate surface area is 189 Å². The van der Waals surface area contributed by atoms with Gasteiger partial charge < -0.3 is 10.0 Å². The van der Waals surface area contributed by atoms with Crippen molar-refractivity contribution in [3.05, 3.63) is 41.1 Å². The number of aliphatic hydroxyl groups is 1. The molecular weight excluding hydrogens is 465 g/mol.